The highest BCUT2D eigenvalue weighted by molar-refractivity contribution is 7.18. The lowest BCUT2D eigenvalue weighted by Gasteiger charge is -2.29. The zero-order valence-corrected chi connectivity index (χ0v) is 21.1. The van der Waals surface area contributed by atoms with E-state index in [1.165, 1.54) is 18.4 Å². The highest BCUT2D eigenvalue weighted by atomic mass is 35.5. The van der Waals surface area contributed by atoms with Crippen LogP contribution >= 0.6 is 22.9 Å². The van der Waals surface area contributed by atoms with Crippen LogP contribution in [0.25, 0.3) is 10.6 Å². The van der Waals surface area contributed by atoms with Crippen LogP contribution in [0, 0.1) is 0 Å². The second-order valence-corrected chi connectivity index (χ2v) is 8.96. The van der Waals surface area contributed by atoms with Crippen molar-refractivity contribution < 1.29 is 19.1 Å². The first-order valence-corrected chi connectivity index (χ1v) is 12.0. The molecule has 0 saturated heterocycles. The van der Waals surface area contributed by atoms with Crippen molar-refractivity contribution in [1.82, 2.24) is 15.1 Å². The van der Waals surface area contributed by atoms with E-state index >= 15 is 0 Å². The predicted octanol–water partition coefficient (Wildman–Crippen LogP) is 5.15. The number of carbonyl (C=O) groups excluding carboxylic acids is 2. The number of ether oxygens (including phenoxy) is 2. The molecule has 8 nitrogen and oxygen atoms in total. The second-order valence-electron chi connectivity index (χ2n) is 7.54. The van der Waals surface area contributed by atoms with Gasteiger partial charge in [0.25, 0.3) is 5.91 Å². The van der Waals surface area contributed by atoms with Crippen LogP contribution in [0.5, 0.6) is 11.5 Å². The molecule has 0 unspecified atom stereocenters. The molecule has 0 spiro atoms. The Labute approximate surface area is 207 Å². The lowest BCUT2D eigenvalue weighted by molar-refractivity contribution is -0.116. The normalized spacial score (nSPS) is 11.6. The van der Waals surface area contributed by atoms with Crippen LogP contribution in [0.4, 0.5) is 5.13 Å². The average Bonchev–Trinajstić information content (AvgIpc) is 3.31. The van der Waals surface area contributed by atoms with Crippen molar-refractivity contribution in [3.8, 4) is 22.1 Å². The lowest BCUT2D eigenvalue weighted by Crippen LogP contribution is -2.40. The van der Waals surface area contributed by atoms with E-state index in [2.05, 4.69) is 15.5 Å². The molecule has 1 atom stereocenters. The first-order valence-electron chi connectivity index (χ1n) is 10.8. The molecule has 0 aliphatic heterocycles. The van der Waals surface area contributed by atoms with E-state index in [-0.39, 0.29) is 30.8 Å². The molecule has 1 heterocycles. The quantitative estimate of drug-likeness (QED) is 0.412. The van der Waals surface area contributed by atoms with Crippen LogP contribution in [-0.4, -0.2) is 53.7 Å². The molecule has 10 heteroatoms. The van der Waals surface area contributed by atoms with Crippen molar-refractivity contribution in [2.24, 2.45) is 0 Å². The monoisotopic (exact) mass is 502 g/mol. The van der Waals surface area contributed by atoms with E-state index in [4.69, 9.17) is 21.1 Å². The number of hydrogen-bond donors (Lipinski definition) is 1. The van der Waals surface area contributed by atoms with Gasteiger partial charge < -0.3 is 19.7 Å². The van der Waals surface area contributed by atoms with E-state index in [1.807, 2.05) is 26.0 Å². The maximum atomic E-state index is 13.3. The lowest BCUT2D eigenvalue weighted by atomic mass is 10.1. The van der Waals surface area contributed by atoms with Crippen molar-refractivity contribution in [2.45, 2.75) is 32.7 Å². The highest BCUT2D eigenvalue weighted by Crippen LogP contribution is 2.29. The van der Waals surface area contributed by atoms with Gasteiger partial charge in [0.2, 0.25) is 11.0 Å². The Hall–Kier alpha value is -3.17. The van der Waals surface area contributed by atoms with Gasteiger partial charge in [0.1, 0.15) is 16.5 Å². The summed E-state index contributed by atoms with van der Waals surface area (Å²) < 4.78 is 10.6. The van der Waals surface area contributed by atoms with Gasteiger partial charge in [0, 0.05) is 35.7 Å². The Morgan fingerprint density at radius 3 is 2.62 bits per heavy atom. The minimum atomic E-state index is -0.253. The number of rotatable bonds is 10. The summed E-state index contributed by atoms with van der Waals surface area (Å²) in [6.07, 6.45) is 0.853. The Morgan fingerprint density at radius 2 is 1.94 bits per heavy atom. The van der Waals surface area contributed by atoms with Gasteiger partial charge >= 0.3 is 0 Å². The molecule has 0 bridgehead atoms. The maximum Gasteiger partial charge on any atom is 0.257 e. The van der Waals surface area contributed by atoms with Gasteiger partial charge in [-0.2, -0.15) is 0 Å². The smallest absolute Gasteiger partial charge is 0.257 e. The fourth-order valence-corrected chi connectivity index (χ4v) is 4.23. The number of nitrogens with one attached hydrogen (secondary N) is 1. The van der Waals surface area contributed by atoms with Crippen LogP contribution in [0.3, 0.4) is 0 Å². The molecular formula is C24H27ClN4O4S. The molecular weight excluding hydrogens is 476 g/mol. The molecule has 34 heavy (non-hydrogen) atoms. The molecule has 1 aromatic heterocycles. The zero-order valence-electron chi connectivity index (χ0n) is 19.5. The van der Waals surface area contributed by atoms with Crippen molar-refractivity contribution in [1.29, 1.82) is 0 Å². The van der Waals surface area contributed by atoms with Crippen molar-refractivity contribution in [3.63, 3.8) is 0 Å². The van der Waals surface area contributed by atoms with Crippen LogP contribution < -0.4 is 14.8 Å². The van der Waals surface area contributed by atoms with Crippen molar-refractivity contribution in [3.05, 3.63) is 53.1 Å². The summed E-state index contributed by atoms with van der Waals surface area (Å²) >= 11 is 7.30. The molecule has 0 saturated carbocycles. The fourth-order valence-electron chi connectivity index (χ4n) is 3.29. The first kappa shape index (κ1) is 25.5. The van der Waals surface area contributed by atoms with Gasteiger partial charge in [0.15, 0.2) is 0 Å². The van der Waals surface area contributed by atoms with Crippen LogP contribution in [0.1, 0.15) is 37.0 Å². The molecule has 3 rings (SSSR count). The third-order valence-electron chi connectivity index (χ3n) is 5.35. The minimum Gasteiger partial charge on any atom is -0.497 e. The first-order chi connectivity index (χ1) is 16.4. The molecule has 1 N–H and O–H groups in total. The number of anilines is 1. The average molecular weight is 503 g/mol. The van der Waals surface area contributed by atoms with Crippen LogP contribution in [0.2, 0.25) is 5.02 Å². The largest absolute Gasteiger partial charge is 0.497 e. The molecule has 2 aromatic carbocycles. The third kappa shape index (κ3) is 6.24. The molecule has 0 fully saturated rings. The van der Waals surface area contributed by atoms with Crippen molar-refractivity contribution in [2.75, 3.05) is 26.1 Å². The summed E-state index contributed by atoms with van der Waals surface area (Å²) in [5.74, 6) is 0.555. The van der Waals surface area contributed by atoms with Gasteiger partial charge in [0.05, 0.1) is 19.8 Å². The predicted molar refractivity (Wildman–Crippen MR) is 134 cm³/mol. The standard InChI is InChI=1S/C24H27ClN4O4S/c1-5-15(2)29(23(31)19-10-9-18(32-3)14-20(19)33-4)12-11-21(30)26-24-28-27-22(34-24)16-7-6-8-17(25)13-16/h6-10,13-15H,5,11-12H2,1-4H3,(H,26,28,30)/t15-/m1/s1. The Kier molecular flexibility index (Phi) is 8.84. The molecule has 0 aliphatic rings. The minimum absolute atomic E-state index is 0.0666. The molecule has 0 radical (unpaired) electrons. The van der Waals surface area contributed by atoms with E-state index in [0.29, 0.717) is 32.2 Å². The van der Waals surface area contributed by atoms with Gasteiger partial charge in [-0.15, -0.1) is 10.2 Å². The summed E-state index contributed by atoms with van der Waals surface area (Å²) in [6, 6.07) is 12.3. The van der Waals surface area contributed by atoms with Crippen LogP contribution in [0.15, 0.2) is 42.5 Å². The van der Waals surface area contributed by atoms with E-state index < -0.39 is 0 Å². The maximum absolute atomic E-state index is 13.3. The number of carbonyl (C=O) groups is 2. The van der Waals surface area contributed by atoms with E-state index in [9.17, 15) is 9.59 Å². The number of amides is 2. The third-order valence-corrected chi connectivity index (χ3v) is 6.47. The Bertz CT molecular complexity index is 1150. The number of methoxy groups -OCH3 is 2. The van der Waals surface area contributed by atoms with Crippen LogP contribution in [-0.2, 0) is 4.79 Å². The summed E-state index contributed by atoms with van der Waals surface area (Å²) in [6.45, 7) is 4.19. The number of aromatic nitrogens is 2. The molecule has 0 aliphatic carbocycles. The van der Waals surface area contributed by atoms with Crippen molar-refractivity contribution >= 4 is 39.9 Å². The summed E-state index contributed by atoms with van der Waals surface area (Å²) in [7, 11) is 3.06. The number of benzene rings is 2. The van der Waals surface area contributed by atoms with Gasteiger partial charge in [-0.05, 0) is 37.6 Å². The second kappa shape index (κ2) is 11.8. The summed E-state index contributed by atoms with van der Waals surface area (Å²) in [5, 5.41) is 12.6. The number of halogens is 1. The molecule has 180 valence electrons. The summed E-state index contributed by atoms with van der Waals surface area (Å²) in [4.78, 5) is 27.6. The SMILES string of the molecule is CC[C@@H](C)N(CCC(=O)Nc1nnc(-c2cccc(Cl)c2)s1)C(=O)c1ccc(OC)cc1OC. The number of nitrogens with zero attached hydrogens (tertiary/aromatic N) is 3. The van der Waals surface area contributed by atoms with E-state index in [0.717, 1.165) is 12.0 Å². The van der Waals surface area contributed by atoms with E-state index in [1.54, 1.807) is 42.3 Å². The molecule has 3 aromatic rings. The zero-order chi connectivity index (χ0) is 24.7. The number of hydrogen-bond acceptors (Lipinski definition) is 7. The summed E-state index contributed by atoms with van der Waals surface area (Å²) in [5.41, 5.74) is 1.24. The topological polar surface area (TPSA) is 93.7 Å². The molecule has 2 amide bonds. The Morgan fingerprint density at radius 1 is 1.15 bits per heavy atom. The van der Waals surface area contributed by atoms with Gasteiger partial charge in [-0.3, -0.25) is 9.59 Å². The van der Waals surface area contributed by atoms with Gasteiger partial charge in [-0.25, -0.2) is 0 Å². The van der Waals surface area contributed by atoms with Gasteiger partial charge in [-0.1, -0.05) is 42.0 Å². The highest BCUT2D eigenvalue weighted by Gasteiger charge is 2.24. The Balaban J connectivity index is 1.67. The fraction of sp³-hybridized carbons (Fsp3) is 0.333.